The topological polar surface area (TPSA) is 189 Å². The number of hydrogen-bond donors (Lipinski definition) is 4. The number of benzene rings is 10. The normalized spacial score (nSPS) is 18.1. The second-order valence-corrected chi connectivity index (χ2v) is 33.6. The van der Waals surface area contributed by atoms with Crippen molar-refractivity contribution in [1.82, 2.24) is 25.6 Å². The SMILES string of the molecule is Brc1cccnc1.Cl.Cl.FI.Fc1ccc2c(c1)OC1(CCN(c3ccc(Br)nc3)CC1)[C@@H]2N=C(c1ccccc1)c1ccccc1.Fc1ccc2c(c1)OC1(CCN(c3cccnc3)CC1)[C@@H]2N=C(c1ccccc1)c1ccccc1.Fc1ccc2c(c1)OC1(CCNCC1)[C@@H]2N=C(c1ccccc1)c1ccccc1.N[C@@H]1c2ccc(F)cc2OC12CCNCC2.OF. The molecule has 4 spiro atoms. The molecule has 10 aromatic carbocycles. The molecule has 5 N–H and O–H groups in total. The fraction of sp³-hybridized carbons (Fsp3) is 0.235. The second kappa shape index (κ2) is 45.1. The van der Waals surface area contributed by atoms with E-state index in [-0.39, 0.29) is 77.9 Å². The lowest BCUT2D eigenvalue weighted by Crippen LogP contribution is -2.50. The van der Waals surface area contributed by atoms with Crippen molar-refractivity contribution in [2.75, 3.05) is 62.2 Å². The van der Waals surface area contributed by atoms with Crippen molar-refractivity contribution in [3.8, 4) is 23.0 Å². The fourth-order valence-corrected chi connectivity index (χ4v) is 18.5. The van der Waals surface area contributed by atoms with Gasteiger partial charge >= 0.3 is 0 Å². The Labute approximate surface area is 790 Å². The predicted octanol–water partition coefficient (Wildman–Crippen LogP) is 23.3. The van der Waals surface area contributed by atoms with Crippen LogP contribution in [0.2, 0.25) is 0 Å². The van der Waals surface area contributed by atoms with E-state index in [1.807, 2.05) is 164 Å². The molecule has 11 heterocycles. The third kappa shape index (κ3) is 22.4. The summed E-state index contributed by atoms with van der Waals surface area (Å²) < 4.78 is 101. The minimum absolute atomic E-state index is 0. The highest BCUT2D eigenvalue weighted by molar-refractivity contribution is 14.1. The summed E-state index contributed by atoms with van der Waals surface area (Å²) in [4.78, 5) is 33.3. The highest BCUT2D eigenvalue weighted by Crippen LogP contribution is 2.55. The van der Waals surface area contributed by atoms with E-state index >= 15 is 0 Å². The minimum atomic E-state index is -0.537. The number of nitrogens with one attached hydrogen (secondary N) is 2. The summed E-state index contributed by atoms with van der Waals surface area (Å²) in [6.07, 6.45) is 15.6. The van der Waals surface area contributed by atoms with E-state index in [1.165, 1.54) is 48.5 Å². The van der Waals surface area contributed by atoms with E-state index < -0.39 is 16.8 Å². The van der Waals surface area contributed by atoms with Gasteiger partial charge in [0.1, 0.15) is 91.4 Å². The molecular weight excluding hydrogens is 1930 g/mol. The van der Waals surface area contributed by atoms with Gasteiger partial charge in [0.15, 0.2) is 23.2 Å². The number of fused-ring (bicyclic) bond motifs is 4. The third-order valence-electron chi connectivity index (χ3n) is 24.3. The molecule has 3 aromatic heterocycles. The Morgan fingerprint density at radius 2 is 0.659 bits per heavy atom. The number of ether oxygens (including phenoxy) is 4. The minimum Gasteiger partial charge on any atom is -0.485 e. The van der Waals surface area contributed by atoms with Gasteiger partial charge in [-0.3, -0.25) is 24.9 Å². The van der Waals surface area contributed by atoms with E-state index in [1.54, 1.807) is 24.7 Å². The number of nitrogens with two attached hydrogens (primary N) is 1. The highest BCUT2D eigenvalue weighted by atomic mass is 127. The molecule has 13 aromatic rings. The predicted molar refractivity (Wildman–Crippen MR) is 518 cm³/mol. The summed E-state index contributed by atoms with van der Waals surface area (Å²) in [6, 6.07) is 91.8. The van der Waals surface area contributed by atoms with Gasteiger partial charge < -0.3 is 45.1 Å². The van der Waals surface area contributed by atoms with E-state index in [4.69, 9.17) is 49.5 Å². The molecule has 0 amide bonds. The molecule has 16 nitrogen and oxygen atoms in total. The molecule has 4 atom stereocenters. The third-order valence-corrected chi connectivity index (χ3v) is 25.3. The van der Waals surface area contributed by atoms with E-state index in [9.17, 15) is 20.4 Å². The molecule has 0 aliphatic carbocycles. The molecule has 0 bridgehead atoms. The maximum Gasteiger partial charge on any atom is 0.171 e. The van der Waals surface area contributed by atoms with Gasteiger partial charge in [-0.25, -0.2) is 27.9 Å². The summed E-state index contributed by atoms with van der Waals surface area (Å²) in [6.45, 7) is 6.80. The van der Waals surface area contributed by atoms with Crippen LogP contribution in [0.25, 0.3) is 0 Å². The molecule has 0 unspecified atom stereocenters. The van der Waals surface area contributed by atoms with Crippen LogP contribution in [0.5, 0.6) is 23.0 Å². The van der Waals surface area contributed by atoms with Crippen LogP contribution in [-0.4, -0.2) is 112 Å². The molecular formula is C102H96Br2Cl2F6IN11O5. The van der Waals surface area contributed by atoms with E-state index in [0.29, 0.717) is 46.2 Å². The molecule has 4 fully saturated rings. The van der Waals surface area contributed by atoms with E-state index in [0.717, 1.165) is 197 Å². The summed E-state index contributed by atoms with van der Waals surface area (Å²) in [5.41, 5.74) is 19.5. The van der Waals surface area contributed by atoms with Crippen LogP contribution in [0.4, 0.5) is 36.3 Å². The quantitative estimate of drug-likeness (QED) is 0.0415. The summed E-state index contributed by atoms with van der Waals surface area (Å²) in [5.74, 6) is 1.33. The lowest BCUT2D eigenvalue weighted by atomic mass is 9.82. The Bertz CT molecular complexity index is 5730. The Morgan fingerprint density at radius 1 is 0.364 bits per heavy atom. The van der Waals surface area contributed by atoms with Crippen molar-refractivity contribution in [3.63, 3.8) is 0 Å². The number of piperidine rings is 4. The largest absolute Gasteiger partial charge is 0.485 e. The first-order valence-corrected chi connectivity index (χ1v) is 44.6. The zero-order valence-corrected chi connectivity index (χ0v) is 77.1. The second-order valence-electron chi connectivity index (χ2n) is 31.9. The van der Waals surface area contributed by atoms with Gasteiger partial charge in [0.25, 0.3) is 0 Å². The van der Waals surface area contributed by atoms with Gasteiger partial charge in [-0.05, 0) is 119 Å². The van der Waals surface area contributed by atoms with Gasteiger partial charge in [-0.2, -0.15) is 2.86 Å². The zero-order chi connectivity index (χ0) is 88.2. The Kier molecular flexibility index (Phi) is 33.5. The Hall–Kier alpha value is -10.9. The monoisotopic (exact) mass is 2020 g/mol. The van der Waals surface area contributed by atoms with Gasteiger partial charge in [-0.1, -0.05) is 211 Å². The molecule has 129 heavy (non-hydrogen) atoms. The molecule has 0 saturated carbocycles. The van der Waals surface area contributed by atoms with Crippen LogP contribution in [-0.2, 0) is 0 Å². The number of halogens is 11. The fourth-order valence-electron chi connectivity index (χ4n) is 18.0. The van der Waals surface area contributed by atoms with Crippen LogP contribution in [0, 0.1) is 23.3 Å². The Morgan fingerprint density at radius 3 is 0.953 bits per heavy atom. The molecule has 8 aliphatic rings. The van der Waals surface area contributed by atoms with Crippen LogP contribution in [0.1, 0.15) is 131 Å². The summed E-state index contributed by atoms with van der Waals surface area (Å²) >= 11 is 7.31. The first kappa shape index (κ1) is 95.7. The van der Waals surface area contributed by atoms with Gasteiger partial charge in [0.05, 0.1) is 46.9 Å². The van der Waals surface area contributed by atoms with Crippen molar-refractivity contribution in [3.05, 3.63) is 410 Å². The molecule has 0 radical (unpaired) electrons. The number of aliphatic imine (C=N–C) groups is 3. The number of rotatable bonds is 11. The van der Waals surface area contributed by atoms with Crippen molar-refractivity contribution in [2.24, 2.45) is 20.7 Å². The van der Waals surface area contributed by atoms with Gasteiger partial charge in [0, 0.05) is 181 Å². The number of aromatic nitrogens is 3. The van der Waals surface area contributed by atoms with Crippen LogP contribution >= 0.6 is 79.8 Å². The van der Waals surface area contributed by atoms with Crippen molar-refractivity contribution in [2.45, 2.75) is 97.9 Å². The molecule has 21 rings (SSSR count). The van der Waals surface area contributed by atoms with Crippen LogP contribution in [0.3, 0.4) is 0 Å². The zero-order valence-electron chi connectivity index (χ0n) is 70.2. The smallest absolute Gasteiger partial charge is 0.171 e. The van der Waals surface area contributed by atoms with Crippen molar-refractivity contribution < 1.29 is 49.2 Å². The summed E-state index contributed by atoms with van der Waals surface area (Å²) in [7, 11) is 0. The first-order valence-electron chi connectivity index (χ1n) is 42.2. The lowest BCUT2D eigenvalue weighted by molar-refractivity contribution is -0.0441. The maximum absolute atomic E-state index is 14.2. The van der Waals surface area contributed by atoms with Gasteiger partial charge in [-0.15, -0.1) is 24.8 Å². The molecule has 666 valence electrons. The Balaban J connectivity index is 0.000000144. The average molecular weight is 2030 g/mol. The molecule has 4 saturated heterocycles. The van der Waals surface area contributed by atoms with Crippen molar-refractivity contribution in [1.29, 1.82) is 0 Å². The molecule has 8 aliphatic heterocycles. The van der Waals surface area contributed by atoms with Gasteiger partial charge in [0.2, 0.25) is 0 Å². The molecule has 27 heteroatoms. The standard InChI is InChI=1S/C30H25BrFN3O.C30H26FN3O.C25H23FN2O.C12H15FN2O.C5H4BrN.2ClH.FI.FHO/c31-27-14-12-24(20-33-27)35-17-15-30(16-18-35)29(25-13-11-23(32)19-26(25)36-30)34-28(21-7-3-1-4-8-21)22-9-5-2-6-10-22;31-24-13-14-26-27(20-24)35-30(15-18-34(19-16-30)25-12-7-17-32-21-25)29(26)33-28(22-8-3-1-4-9-22)23-10-5-2-6-11-23;26-20-11-12-21-22(17-20)29-25(13-15-27-16-14-25)24(21)28-23(18-7-3-1-4-8-18)19-9-5-2-6-10-19;13-8-1-2-9-10(7-8)16-12(11(9)14)3-5-15-6-4-12;6-5-2-1-3-7-4-5;;;2*1-2/h1-14,19-20,29H,15-18H2;1-14,17,20-21,29H,15-16,18-19H2;1-12,17,24,27H,13-16H2;1-2,7,11,15H,3-6,14H2;1-4H;2*1H;;2H/t2*29-;24-;11-;;;;;/m1111...../s1. The summed E-state index contributed by atoms with van der Waals surface area (Å²) in [5, 5.41) is 12.2. The number of anilines is 2. The number of pyridine rings is 3. The van der Waals surface area contributed by atoms with E-state index in [2.05, 4.69) is 152 Å². The average Bonchev–Trinajstić information content (AvgIpc) is 1.60. The highest BCUT2D eigenvalue weighted by Gasteiger charge is 2.54. The lowest BCUT2D eigenvalue weighted by Gasteiger charge is -2.42. The van der Waals surface area contributed by atoms with Crippen molar-refractivity contribution >= 4 is 108 Å². The number of hydrogen-bond acceptors (Lipinski definition) is 16. The van der Waals surface area contributed by atoms with Crippen LogP contribution in [0.15, 0.2) is 346 Å². The number of nitrogens with zero attached hydrogens (tertiary/aromatic N) is 8. The first-order chi connectivity index (χ1) is 62.2. The maximum atomic E-state index is 14.2. The van der Waals surface area contributed by atoms with Crippen LogP contribution < -0.4 is 45.1 Å².